The van der Waals surface area contributed by atoms with Gasteiger partial charge in [0.2, 0.25) is 5.91 Å². The van der Waals surface area contributed by atoms with Crippen molar-refractivity contribution in [3.63, 3.8) is 0 Å². The number of carbonyl (C=O) groups excluding carboxylic acids is 1. The van der Waals surface area contributed by atoms with Crippen molar-refractivity contribution in [2.24, 2.45) is 0 Å². The molecule has 7 heteroatoms. The Morgan fingerprint density at radius 2 is 1.67 bits per heavy atom. The Balaban J connectivity index is 1.48. The van der Waals surface area contributed by atoms with E-state index in [1.54, 1.807) is 12.1 Å². The normalized spacial score (nSPS) is 14.7. The summed E-state index contributed by atoms with van der Waals surface area (Å²) in [4.78, 5) is 16.8. The van der Waals surface area contributed by atoms with E-state index in [0.717, 1.165) is 37.4 Å². The van der Waals surface area contributed by atoms with Crippen molar-refractivity contribution in [2.75, 3.05) is 43.4 Å². The predicted molar refractivity (Wildman–Crippen MR) is 116 cm³/mol. The number of halogens is 1. The number of benzene rings is 2. The van der Waals surface area contributed by atoms with Crippen molar-refractivity contribution < 1.29 is 4.79 Å². The highest BCUT2D eigenvalue weighted by Gasteiger charge is 2.14. The summed E-state index contributed by atoms with van der Waals surface area (Å²) >= 11 is 11.1. The van der Waals surface area contributed by atoms with E-state index in [2.05, 4.69) is 39.6 Å². The van der Waals surface area contributed by atoms with Crippen molar-refractivity contribution in [1.82, 2.24) is 10.2 Å². The number of piperazine rings is 1. The molecule has 3 rings (SSSR count). The van der Waals surface area contributed by atoms with Gasteiger partial charge < -0.3 is 20.4 Å². The summed E-state index contributed by atoms with van der Waals surface area (Å²) in [5.74, 6) is -0.163. The second-order valence-electron chi connectivity index (χ2n) is 6.64. The SMILES string of the molecule is CN1CCN(c2ccc(NC(=S)NC(=O)Cc3ccc(Cl)cc3)cc2)CC1. The summed E-state index contributed by atoms with van der Waals surface area (Å²) in [5, 5.41) is 6.71. The molecular formula is C20H23ClN4OS. The molecule has 1 fully saturated rings. The molecule has 2 aromatic carbocycles. The lowest BCUT2D eigenvalue weighted by atomic mass is 10.1. The lowest BCUT2D eigenvalue weighted by Crippen LogP contribution is -2.44. The first-order valence-corrected chi connectivity index (χ1v) is 9.67. The van der Waals surface area contributed by atoms with Crippen molar-refractivity contribution in [3.05, 3.63) is 59.1 Å². The molecule has 1 amide bonds. The van der Waals surface area contributed by atoms with Crippen molar-refractivity contribution >= 4 is 46.2 Å². The Bertz CT molecular complexity index is 787. The Hall–Kier alpha value is -2.15. The van der Waals surface area contributed by atoms with Gasteiger partial charge in [0.05, 0.1) is 6.42 Å². The Labute approximate surface area is 170 Å². The second-order valence-corrected chi connectivity index (χ2v) is 7.49. The van der Waals surface area contributed by atoms with E-state index in [9.17, 15) is 4.79 Å². The fourth-order valence-corrected chi connectivity index (χ4v) is 3.30. The average molecular weight is 403 g/mol. The number of thiocarbonyl (C=S) groups is 1. The molecule has 0 atom stereocenters. The van der Waals surface area contributed by atoms with Gasteiger partial charge in [-0.1, -0.05) is 23.7 Å². The van der Waals surface area contributed by atoms with Crippen LogP contribution in [0.5, 0.6) is 0 Å². The van der Waals surface area contributed by atoms with Crippen molar-refractivity contribution in [3.8, 4) is 0 Å². The Kier molecular flexibility index (Phi) is 6.66. The monoisotopic (exact) mass is 402 g/mol. The number of hydrogen-bond donors (Lipinski definition) is 2. The van der Waals surface area contributed by atoms with Crippen LogP contribution in [0.1, 0.15) is 5.56 Å². The average Bonchev–Trinajstić information content (AvgIpc) is 2.65. The number of nitrogens with zero attached hydrogens (tertiary/aromatic N) is 2. The third kappa shape index (κ3) is 5.92. The molecule has 0 unspecified atom stereocenters. The highest BCUT2D eigenvalue weighted by atomic mass is 35.5. The van der Waals surface area contributed by atoms with Crippen LogP contribution in [0.25, 0.3) is 0 Å². The second kappa shape index (κ2) is 9.17. The fraction of sp³-hybridized carbons (Fsp3) is 0.300. The number of carbonyl (C=O) groups is 1. The maximum absolute atomic E-state index is 12.1. The van der Waals surface area contributed by atoms with Crippen LogP contribution in [-0.4, -0.2) is 49.1 Å². The van der Waals surface area contributed by atoms with Crippen molar-refractivity contribution in [2.45, 2.75) is 6.42 Å². The van der Waals surface area contributed by atoms with E-state index in [1.807, 2.05) is 24.3 Å². The van der Waals surface area contributed by atoms with Crippen LogP contribution in [0, 0.1) is 0 Å². The standard InChI is InChI=1S/C20H23ClN4OS/c1-24-10-12-25(13-11-24)18-8-6-17(7-9-18)22-20(27)23-19(26)14-15-2-4-16(21)5-3-15/h2-9H,10-14H2,1H3,(H2,22,23,26,27). The molecule has 0 bridgehead atoms. The summed E-state index contributed by atoms with van der Waals surface area (Å²) in [6.45, 7) is 4.21. The quantitative estimate of drug-likeness (QED) is 0.769. The third-order valence-corrected chi connectivity index (χ3v) is 4.98. The minimum atomic E-state index is -0.163. The lowest BCUT2D eigenvalue weighted by molar-refractivity contribution is -0.119. The molecule has 0 aromatic heterocycles. The Morgan fingerprint density at radius 1 is 1.04 bits per heavy atom. The highest BCUT2D eigenvalue weighted by molar-refractivity contribution is 7.80. The van der Waals surface area contributed by atoms with Gasteiger partial charge in [0, 0.05) is 42.6 Å². The molecule has 1 aliphatic rings. The maximum Gasteiger partial charge on any atom is 0.230 e. The van der Waals surface area contributed by atoms with Gasteiger partial charge in [-0.15, -0.1) is 0 Å². The molecule has 0 radical (unpaired) electrons. The predicted octanol–water partition coefficient (Wildman–Crippen LogP) is 3.15. The third-order valence-electron chi connectivity index (χ3n) is 4.52. The molecule has 1 saturated heterocycles. The van der Waals surface area contributed by atoms with Crippen LogP contribution in [-0.2, 0) is 11.2 Å². The van der Waals surface area contributed by atoms with Gasteiger partial charge >= 0.3 is 0 Å². The van der Waals surface area contributed by atoms with E-state index in [4.69, 9.17) is 23.8 Å². The van der Waals surface area contributed by atoms with E-state index in [1.165, 1.54) is 5.69 Å². The van der Waals surface area contributed by atoms with Gasteiger partial charge in [0.25, 0.3) is 0 Å². The first kappa shape index (κ1) is 19.6. The molecule has 0 spiro atoms. The van der Waals surface area contributed by atoms with E-state index < -0.39 is 0 Å². The molecule has 1 heterocycles. The number of anilines is 2. The molecule has 2 aromatic rings. The zero-order valence-corrected chi connectivity index (χ0v) is 16.8. The topological polar surface area (TPSA) is 47.6 Å². The Morgan fingerprint density at radius 3 is 2.30 bits per heavy atom. The van der Waals surface area contributed by atoms with E-state index in [0.29, 0.717) is 10.1 Å². The number of amides is 1. The van der Waals surface area contributed by atoms with Crippen molar-refractivity contribution in [1.29, 1.82) is 0 Å². The summed E-state index contributed by atoms with van der Waals surface area (Å²) < 4.78 is 0. The summed E-state index contributed by atoms with van der Waals surface area (Å²) in [6.07, 6.45) is 0.251. The minimum absolute atomic E-state index is 0.163. The van der Waals surface area contributed by atoms with E-state index in [-0.39, 0.29) is 12.3 Å². The largest absolute Gasteiger partial charge is 0.369 e. The van der Waals surface area contributed by atoms with Crippen LogP contribution in [0.3, 0.4) is 0 Å². The van der Waals surface area contributed by atoms with Crippen LogP contribution >= 0.6 is 23.8 Å². The molecule has 0 saturated carbocycles. The molecule has 1 aliphatic heterocycles. The highest BCUT2D eigenvalue weighted by Crippen LogP contribution is 2.19. The molecule has 5 nitrogen and oxygen atoms in total. The smallest absolute Gasteiger partial charge is 0.230 e. The van der Waals surface area contributed by atoms with Gasteiger partial charge in [0.1, 0.15) is 0 Å². The number of rotatable bonds is 4. The fourth-order valence-electron chi connectivity index (χ4n) is 2.94. The van der Waals surface area contributed by atoms with Gasteiger partial charge in [-0.2, -0.15) is 0 Å². The van der Waals surface area contributed by atoms with Gasteiger partial charge in [-0.3, -0.25) is 4.79 Å². The van der Waals surface area contributed by atoms with Gasteiger partial charge in [0.15, 0.2) is 5.11 Å². The molecule has 0 aliphatic carbocycles. The van der Waals surface area contributed by atoms with Crippen LogP contribution in [0.2, 0.25) is 5.02 Å². The van der Waals surface area contributed by atoms with E-state index >= 15 is 0 Å². The molecule has 142 valence electrons. The molecule has 27 heavy (non-hydrogen) atoms. The summed E-state index contributed by atoms with van der Waals surface area (Å²) in [5.41, 5.74) is 2.94. The van der Waals surface area contributed by atoms with Gasteiger partial charge in [-0.25, -0.2) is 0 Å². The molecule has 2 N–H and O–H groups in total. The first-order valence-electron chi connectivity index (χ1n) is 8.88. The zero-order chi connectivity index (χ0) is 19.2. The first-order chi connectivity index (χ1) is 13.0. The van der Waals surface area contributed by atoms with Crippen LogP contribution in [0.4, 0.5) is 11.4 Å². The van der Waals surface area contributed by atoms with Gasteiger partial charge in [-0.05, 0) is 61.2 Å². The number of hydrogen-bond acceptors (Lipinski definition) is 4. The zero-order valence-electron chi connectivity index (χ0n) is 15.2. The minimum Gasteiger partial charge on any atom is -0.369 e. The number of nitrogens with one attached hydrogen (secondary N) is 2. The summed E-state index contributed by atoms with van der Waals surface area (Å²) in [7, 11) is 2.15. The summed E-state index contributed by atoms with van der Waals surface area (Å²) in [6, 6.07) is 15.3. The molecular weight excluding hydrogens is 380 g/mol. The number of likely N-dealkylation sites (N-methyl/N-ethyl adjacent to an activating group) is 1. The maximum atomic E-state index is 12.1. The lowest BCUT2D eigenvalue weighted by Gasteiger charge is -2.34. The van der Waals surface area contributed by atoms with Crippen LogP contribution < -0.4 is 15.5 Å². The van der Waals surface area contributed by atoms with Crippen LogP contribution in [0.15, 0.2) is 48.5 Å².